The SMILES string of the molecule is CCc1ccc(-c2nsc(C(F)(F)F)c2OS(=O)(=O)CC)cc1. The zero-order chi connectivity index (χ0) is 17.3. The van der Waals surface area contributed by atoms with E-state index in [0.717, 1.165) is 12.0 Å². The first-order valence-electron chi connectivity index (χ1n) is 6.76. The minimum absolute atomic E-state index is 0.123. The Morgan fingerprint density at radius 3 is 2.26 bits per heavy atom. The molecule has 0 aliphatic heterocycles. The third kappa shape index (κ3) is 4.03. The predicted octanol–water partition coefficient (Wildman–Crippen LogP) is 4.12. The summed E-state index contributed by atoms with van der Waals surface area (Å²) in [4.78, 5) is -1.16. The van der Waals surface area contributed by atoms with Gasteiger partial charge in [0.15, 0.2) is 10.6 Å². The smallest absolute Gasteiger partial charge is 0.378 e. The van der Waals surface area contributed by atoms with Crippen molar-refractivity contribution in [3.05, 3.63) is 34.7 Å². The molecule has 9 heteroatoms. The van der Waals surface area contributed by atoms with Gasteiger partial charge >= 0.3 is 16.3 Å². The van der Waals surface area contributed by atoms with Crippen LogP contribution in [0.3, 0.4) is 0 Å². The van der Waals surface area contributed by atoms with Crippen LogP contribution in [0.1, 0.15) is 24.3 Å². The highest BCUT2D eigenvalue weighted by atomic mass is 32.2. The standard InChI is InChI=1S/C14H14F3NO3S2/c1-3-9-5-7-10(8-6-9)11-12(21-23(19,20)4-2)13(22-18-11)14(15,16)17/h5-8H,3-4H2,1-2H3. The van der Waals surface area contributed by atoms with E-state index in [-0.39, 0.29) is 17.2 Å². The molecule has 0 aliphatic rings. The minimum Gasteiger partial charge on any atom is -0.378 e. The van der Waals surface area contributed by atoms with Crippen LogP contribution in [-0.2, 0) is 22.7 Å². The number of alkyl halides is 3. The molecule has 0 N–H and O–H groups in total. The van der Waals surface area contributed by atoms with Gasteiger partial charge in [0, 0.05) is 5.56 Å². The summed E-state index contributed by atoms with van der Waals surface area (Å²) in [7, 11) is -4.10. The summed E-state index contributed by atoms with van der Waals surface area (Å²) < 4.78 is 70.9. The molecule has 0 atom stereocenters. The van der Waals surface area contributed by atoms with Gasteiger partial charge in [0.05, 0.1) is 5.75 Å². The number of nitrogens with zero attached hydrogens (tertiary/aromatic N) is 1. The Morgan fingerprint density at radius 2 is 1.78 bits per heavy atom. The van der Waals surface area contributed by atoms with Gasteiger partial charge in [-0.15, -0.1) is 0 Å². The normalized spacial score (nSPS) is 12.4. The van der Waals surface area contributed by atoms with Crippen LogP contribution in [0.25, 0.3) is 11.3 Å². The molecular weight excluding hydrogens is 351 g/mol. The number of halogens is 3. The molecule has 0 fully saturated rings. The van der Waals surface area contributed by atoms with Crippen molar-refractivity contribution in [3.63, 3.8) is 0 Å². The Morgan fingerprint density at radius 1 is 1.17 bits per heavy atom. The maximum absolute atomic E-state index is 13.1. The first kappa shape index (κ1) is 17.7. The Balaban J connectivity index is 2.57. The lowest BCUT2D eigenvalue weighted by atomic mass is 10.1. The number of hydrogen-bond acceptors (Lipinski definition) is 5. The van der Waals surface area contributed by atoms with E-state index in [1.54, 1.807) is 24.3 Å². The van der Waals surface area contributed by atoms with Gasteiger partial charge in [-0.05, 0) is 30.4 Å². The lowest BCUT2D eigenvalue weighted by Gasteiger charge is -2.10. The molecule has 0 radical (unpaired) electrons. The Labute approximate surface area is 136 Å². The Hall–Kier alpha value is -1.61. The van der Waals surface area contributed by atoms with Crippen molar-refractivity contribution >= 4 is 21.7 Å². The quantitative estimate of drug-likeness (QED) is 0.748. The monoisotopic (exact) mass is 365 g/mol. The Kier molecular flexibility index (Phi) is 5.00. The molecule has 0 bridgehead atoms. The van der Waals surface area contributed by atoms with Crippen LogP contribution in [0.15, 0.2) is 24.3 Å². The van der Waals surface area contributed by atoms with Crippen molar-refractivity contribution in [2.75, 3.05) is 5.75 Å². The second kappa shape index (κ2) is 6.48. The van der Waals surface area contributed by atoms with Gasteiger partial charge in [-0.3, -0.25) is 0 Å². The average molecular weight is 365 g/mol. The van der Waals surface area contributed by atoms with Gasteiger partial charge in [-0.2, -0.15) is 26.0 Å². The topological polar surface area (TPSA) is 56.3 Å². The van der Waals surface area contributed by atoms with Gasteiger partial charge in [-0.1, -0.05) is 31.2 Å². The third-order valence-corrected chi connectivity index (χ3v) is 5.11. The van der Waals surface area contributed by atoms with E-state index < -0.39 is 32.7 Å². The van der Waals surface area contributed by atoms with E-state index >= 15 is 0 Å². The lowest BCUT2D eigenvalue weighted by molar-refractivity contribution is -0.135. The number of aromatic nitrogens is 1. The van der Waals surface area contributed by atoms with Gasteiger partial charge in [-0.25, -0.2) is 0 Å². The van der Waals surface area contributed by atoms with Crippen molar-refractivity contribution < 1.29 is 25.8 Å². The summed E-state index contributed by atoms with van der Waals surface area (Å²) in [5.41, 5.74) is 1.25. The number of hydrogen-bond donors (Lipinski definition) is 0. The molecule has 1 heterocycles. The molecule has 23 heavy (non-hydrogen) atoms. The van der Waals surface area contributed by atoms with Crippen molar-refractivity contribution in [2.45, 2.75) is 26.4 Å². The summed E-state index contributed by atoms with van der Waals surface area (Å²) in [5, 5.41) is 0. The molecule has 1 aromatic carbocycles. The first-order valence-corrected chi connectivity index (χ1v) is 9.11. The molecule has 2 aromatic rings. The summed E-state index contributed by atoms with van der Waals surface area (Å²) >= 11 is 0.175. The maximum Gasteiger partial charge on any atom is 0.430 e. The molecule has 0 aliphatic carbocycles. The molecule has 126 valence electrons. The van der Waals surface area contributed by atoms with Crippen LogP contribution in [0.4, 0.5) is 13.2 Å². The van der Waals surface area contributed by atoms with Crippen LogP contribution in [0, 0.1) is 0 Å². The van der Waals surface area contributed by atoms with E-state index in [2.05, 4.69) is 4.37 Å². The molecule has 1 aromatic heterocycles. The van der Waals surface area contributed by atoms with E-state index in [4.69, 9.17) is 4.18 Å². The highest BCUT2D eigenvalue weighted by Crippen LogP contribution is 2.45. The van der Waals surface area contributed by atoms with Gasteiger partial charge in [0.1, 0.15) is 5.69 Å². The molecule has 0 saturated heterocycles. The van der Waals surface area contributed by atoms with Crippen molar-refractivity contribution in [3.8, 4) is 17.0 Å². The predicted molar refractivity (Wildman–Crippen MR) is 82.0 cm³/mol. The summed E-state index contributed by atoms with van der Waals surface area (Å²) in [5.74, 6) is -1.19. The maximum atomic E-state index is 13.1. The summed E-state index contributed by atoms with van der Waals surface area (Å²) in [6.07, 6.45) is -3.96. The van der Waals surface area contributed by atoms with E-state index in [1.807, 2.05) is 6.92 Å². The van der Waals surface area contributed by atoms with Crippen LogP contribution >= 0.6 is 11.5 Å². The summed E-state index contributed by atoms with van der Waals surface area (Å²) in [6.45, 7) is 3.24. The first-order chi connectivity index (χ1) is 10.7. The highest BCUT2D eigenvalue weighted by Gasteiger charge is 2.40. The zero-order valence-corrected chi connectivity index (χ0v) is 14.0. The highest BCUT2D eigenvalue weighted by molar-refractivity contribution is 7.87. The number of aryl methyl sites for hydroxylation is 1. The van der Waals surface area contributed by atoms with Crippen molar-refractivity contribution in [1.29, 1.82) is 0 Å². The van der Waals surface area contributed by atoms with Crippen molar-refractivity contribution in [1.82, 2.24) is 4.37 Å². The summed E-state index contributed by atoms with van der Waals surface area (Å²) in [6, 6.07) is 6.69. The van der Waals surface area contributed by atoms with E-state index in [0.29, 0.717) is 5.56 Å². The largest absolute Gasteiger partial charge is 0.430 e. The van der Waals surface area contributed by atoms with Gasteiger partial charge in [0.2, 0.25) is 0 Å². The molecule has 0 spiro atoms. The van der Waals surface area contributed by atoms with Crippen LogP contribution in [0.2, 0.25) is 0 Å². The third-order valence-electron chi connectivity index (χ3n) is 3.11. The second-order valence-electron chi connectivity index (χ2n) is 4.67. The van der Waals surface area contributed by atoms with Crippen LogP contribution < -0.4 is 4.18 Å². The Bertz CT molecular complexity index is 781. The molecule has 0 amide bonds. The molecular formula is C14H14F3NO3S2. The second-order valence-corrected chi connectivity index (χ2v) is 7.30. The van der Waals surface area contributed by atoms with Crippen molar-refractivity contribution in [2.24, 2.45) is 0 Å². The zero-order valence-electron chi connectivity index (χ0n) is 12.3. The number of benzene rings is 1. The molecule has 4 nitrogen and oxygen atoms in total. The minimum atomic E-state index is -4.74. The van der Waals surface area contributed by atoms with Gasteiger partial charge < -0.3 is 4.18 Å². The molecule has 0 unspecified atom stereocenters. The van der Waals surface area contributed by atoms with E-state index in [9.17, 15) is 21.6 Å². The molecule has 2 rings (SSSR count). The van der Waals surface area contributed by atoms with E-state index in [1.165, 1.54) is 6.92 Å². The molecule has 0 saturated carbocycles. The van der Waals surface area contributed by atoms with Crippen LogP contribution in [0.5, 0.6) is 5.75 Å². The fraction of sp³-hybridized carbons (Fsp3) is 0.357. The lowest BCUT2D eigenvalue weighted by Crippen LogP contribution is -2.14. The fourth-order valence-electron chi connectivity index (χ4n) is 1.81. The number of rotatable bonds is 5. The van der Waals surface area contributed by atoms with Gasteiger partial charge in [0.25, 0.3) is 0 Å². The average Bonchev–Trinajstić information content (AvgIpc) is 2.90. The van der Waals surface area contributed by atoms with Crippen LogP contribution in [-0.4, -0.2) is 18.5 Å². The fourth-order valence-corrected chi connectivity index (χ4v) is 3.09.